The molecule has 0 aliphatic carbocycles. The quantitative estimate of drug-likeness (QED) is 0.440. The van der Waals surface area contributed by atoms with E-state index in [1.165, 1.54) is 4.90 Å². The molecule has 0 radical (unpaired) electrons. The molecule has 0 aromatic heterocycles. The molecule has 150 valence electrons. The van der Waals surface area contributed by atoms with Gasteiger partial charge in [-0.05, 0) is 67.9 Å². The summed E-state index contributed by atoms with van der Waals surface area (Å²) in [6.45, 7) is 9.19. The zero-order valence-electron chi connectivity index (χ0n) is 16.0. The van der Waals surface area contributed by atoms with E-state index < -0.39 is 23.7 Å². The van der Waals surface area contributed by atoms with Crippen LogP contribution in [0.15, 0.2) is 34.0 Å². The van der Waals surface area contributed by atoms with E-state index >= 15 is 0 Å². The van der Waals surface area contributed by atoms with Crippen LogP contribution in [-0.2, 0) is 14.3 Å². The standard InChI is InChI=1S/C19H27IN2O5/c1-13(20)7-5-8-14-9-6-10-22(15(14)11-17(24)25)16(23)12-21-18(26)27-19(2,3)4/h5,7-8,15H,1,6,9-12H2,2-4H3,(H,21,26)(H,24,25)/b7-5-,14-8+. The van der Waals surface area contributed by atoms with Gasteiger partial charge in [-0.3, -0.25) is 9.59 Å². The van der Waals surface area contributed by atoms with Crippen LogP contribution in [0.25, 0.3) is 0 Å². The van der Waals surface area contributed by atoms with Crippen LogP contribution >= 0.6 is 22.6 Å². The van der Waals surface area contributed by atoms with E-state index in [-0.39, 0.29) is 18.9 Å². The van der Waals surface area contributed by atoms with Gasteiger partial charge >= 0.3 is 12.1 Å². The highest BCUT2D eigenvalue weighted by Crippen LogP contribution is 2.26. The number of carboxylic acid groups (broad SMARTS) is 1. The summed E-state index contributed by atoms with van der Waals surface area (Å²) in [5, 5.41) is 11.7. The first-order chi connectivity index (χ1) is 12.5. The van der Waals surface area contributed by atoms with Crippen LogP contribution in [-0.4, -0.2) is 52.7 Å². The highest BCUT2D eigenvalue weighted by molar-refractivity contribution is 14.1. The molecule has 0 spiro atoms. The number of allylic oxidation sites excluding steroid dienone is 4. The maximum atomic E-state index is 12.6. The Morgan fingerprint density at radius 3 is 2.63 bits per heavy atom. The number of rotatable bonds is 6. The van der Waals surface area contributed by atoms with E-state index in [1.54, 1.807) is 20.8 Å². The largest absolute Gasteiger partial charge is 0.481 e. The predicted octanol–water partition coefficient (Wildman–Crippen LogP) is 3.41. The van der Waals surface area contributed by atoms with Gasteiger partial charge in [0.05, 0.1) is 12.5 Å². The van der Waals surface area contributed by atoms with Gasteiger partial charge in [-0.1, -0.05) is 18.7 Å². The molecule has 1 aliphatic rings. The summed E-state index contributed by atoms with van der Waals surface area (Å²) in [6, 6.07) is -0.531. The van der Waals surface area contributed by atoms with Crippen LogP contribution in [0.2, 0.25) is 0 Å². The maximum absolute atomic E-state index is 12.6. The highest BCUT2D eigenvalue weighted by atomic mass is 127. The lowest BCUT2D eigenvalue weighted by molar-refractivity contribution is -0.140. The third-order valence-electron chi connectivity index (χ3n) is 3.73. The van der Waals surface area contributed by atoms with Crippen molar-refractivity contribution >= 4 is 40.6 Å². The minimum Gasteiger partial charge on any atom is -0.481 e. The fourth-order valence-corrected chi connectivity index (χ4v) is 2.92. The molecule has 7 nitrogen and oxygen atoms in total. The lowest BCUT2D eigenvalue weighted by Crippen LogP contribution is -2.50. The Labute approximate surface area is 173 Å². The lowest BCUT2D eigenvalue weighted by atomic mass is 9.92. The second-order valence-electron chi connectivity index (χ2n) is 7.21. The summed E-state index contributed by atoms with van der Waals surface area (Å²) in [4.78, 5) is 37.2. The molecule has 1 aliphatic heterocycles. The molecule has 2 amide bonds. The summed E-state index contributed by atoms with van der Waals surface area (Å²) >= 11 is 2.08. The Balaban J connectivity index is 2.85. The smallest absolute Gasteiger partial charge is 0.408 e. The SMILES string of the molecule is C=C(I)/C=C\C=C1/CCCN(C(=O)CNC(=O)OC(C)(C)C)C1CC(=O)O. The highest BCUT2D eigenvalue weighted by Gasteiger charge is 2.31. The molecule has 0 bridgehead atoms. The average Bonchev–Trinajstić information content (AvgIpc) is 2.51. The van der Waals surface area contributed by atoms with Crippen LogP contribution in [0.5, 0.6) is 0 Å². The van der Waals surface area contributed by atoms with E-state index in [0.29, 0.717) is 6.54 Å². The van der Waals surface area contributed by atoms with E-state index in [4.69, 9.17) is 4.74 Å². The normalized spacial score (nSPS) is 19.2. The summed E-state index contributed by atoms with van der Waals surface area (Å²) in [5.74, 6) is -1.31. The number of aliphatic carboxylic acids is 1. The number of carbonyl (C=O) groups is 3. The molecule has 1 atom stereocenters. The average molecular weight is 490 g/mol. The zero-order chi connectivity index (χ0) is 20.6. The minimum absolute atomic E-state index is 0.178. The van der Waals surface area contributed by atoms with Crippen molar-refractivity contribution in [1.29, 1.82) is 0 Å². The minimum atomic E-state index is -0.979. The number of nitrogens with one attached hydrogen (secondary N) is 1. The van der Waals surface area contributed by atoms with Crippen LogP contribution in [0.3, 0.4) is 0 Å². The Morgan fingerprint density at radius 2 is 2.07 bits per heavy atom. The predicted molar refractivity (Wildman–Crippen MR) is 112 cm³/mol. The fraction of sp³-hybridized carbons (Fsp3) is 0.526. The summed E-state index contributed by atoms with van der Waals surface area (Å²) in [6.07, 6.45) is 6.07. The van der Waals surface area contributed by atoms with E-state index in [0.717, 1.165) is 22.0 Å². The number of hydrogen-bond donors (Lipinski definition) is 2. The van der Waals surface area contributed by atoms with Gasteiger partial charge in [0.1, 0.15) is 12.1 Å². The van der Waals surface area contributed by atoms with Gasteiger partial charge < -0.3 is 20.1 Å². The van der Waals surface area contributed by atoms with Crippen molar-refractivity contribution in [2.75, 3.05) is 13.1 Å². The molecule has 8 heteroatoms. The van der Waals surface area contributed by atoms with E-state index in [2.05, 4.69) is 34.5 Å². The van der Waals surface area contributed by atoms with Gasteiger partial charge in [0.2, 0.25) is 5.91 Å². The molecule has 1 rings (SSSR count). The van der Waals surface area contributed by atoms with Gasteiger partial charge in [-0.15, -0.1) is 0 Å². The van der Waals surface area contributed by atoms with E-state index in [1.807, 2.05) is 18.2 Å². The molecule has 27 heavy (non-hydrogen) atoms. The molecule has 1 fully saturated rings. The first-order valence-corrected chi connectivity index (χ1v) is 9.77. The number of piperidine rings is 1. The molecule has 0 aromatic rings. The summed E-state index contributed by atoms with van der Waals surface area (Å²) < 4.78 is 5.97. The number of halogens is 1. The van der Waals surface area contributed by atoms with Crippen LogP contribution in [0, 0.1) is 0 Å². The second-order valence-corrected chi connectivity index (χ2v) is 8.59. The van der Waals surface area contributed by atoms with Crippen molar-refractivity contribution in [3.05, 3.63) is 34.0 Å². The number of carboxylic acids is 1. The van der Waals surface area contributed by atoms with Gasteiger partial charge in [-0.25, -0.2) is 4.79 Å². The van der Waals surface area contributed by atoms with Crippen molar-refractivity contribution in [3.8, 4) is 0 Å². The van der Waals surface area contributed by atoms with Crippen molar-refractivity contribution in [1.82, 2.24) is 10.2 Å². The van der Waals surface area contributed by atoms with Crippen molar-refractivity contribution < 1.29 is 24.2 Å². The topological polar surface area (TPSA) is 95.9 Å². The van der Waals surface area contributed by atoms with Crippen LogP contribution in [0.1, 0.15) is 40.0 Å². The third kappa shape index (κ3) is 9.07. The second kappa shape index (κ2) is 10.5. The molecular weight excluding hydrogens is 463 g/mol. The number of carbonyl (C=O) groups excluding carboxylic acids is 2. The number of hydrogen-bond acceptors (Lipinski definition) is 4. The summed E-state index contributed by atoms with van der Waals surface area (Å²) in [5.41, 5.74) is 0.220. The van der Waals surface area contributed by atoms with Crippen molar-refractivity contribution in [3.63, 3.8) is 0 Å². The molecule has 1 saturated heterocycles. The monoisotopic (exact) mass is 490 g/mol. The molecule has 0 aromatic carbocycles. The van der Waals surface area contributed by atoms with Crippen molar-refractivity contribution in [2.24, 2.45) is 0 Å². The molecule has 2 N–H and O–H groups in total. The van der Waals surface area contributed by atoms with Crippen LogP contribution < -0.4 is 5.32 Å². The lowest BCUT2D eigenvalue weighted by Gasteiger charge is -2.37. The maximum Gasteiger partial charge on any atom is 0.408 e. The first kappa shape index (κ1) is 23.2. The number of alkyl carbamates (subject to hydrolysis) is 1. The molecular formula is C19H27IN2O5. The fourth-order valence-electron chi connectivity index (χ4n) is 2.72. The zero-order valence-corrected chi connectivity index (χ0v) is 18.1. The Hall–Kier alpha value is -1.84. The Kier molecular flexibility index (Phi) is 9.01. The molecule has 0 saturated carbocycles. The number of likely N-dealkylation sites (tertiary alicyclic amines) is 1. The van der Waals surface area contributed by atoms with Gasteiger partial charge in [0.25, 0.3) is 0 Å². The van der Waals surface area contributed by atoms with Gasteiger partial charge in [-0.2, -0.15) is 0 Å². The van der Waals surface area contributed by atoms with Crippen molar-refractivity contribution in [2.45, 2.75) is 51.7 Å². The van der Waals surface area contributed by atoms with Gasteiger partial charge in [0.15, 0.2) is 0 Å². The number of amides is 2. The number of nitrogens with zero attached hydrogens (tertiary/aromatic N) is 1. The van der Waals surface area contributed by atoms with Gasteiger partial charge in [0, 0.05) is 10.1 Å². The third-order valence-corrected chi connectivity index (χ3v) is 4.09. The number of ether oxygens (including phenoxy) is 1. The van der Waals surface area contributed by atoms with E-state index in [9.17, 15) is 19.5 Å². The molecule has 1 unspecified atom stereocenters. The Morgan fingerprint density at radius 1 is 1.41 bits per heavy atom. The van der Waals surface area contributed by atoms with Crippen LogP contribution in [0.4, 0.5) is 4.79 Å². The Bertz CT molecular complexity index is 649. The first-order valence-electron chi connectivity index (χ1n) is 8.69. The summed E-state index contributed by atoms with van der Waals surface area (Å²) in [7, 11) is 0. The molecule has 1 heterocycles.